The number of nitrogens with zero attached hydrogens (tertiary/aromatic N) is 1. The molecule has 1 heterocycles. The summed E-state index contributed by atoms with van der Waals surface area (Å²) in [7, 11) is 0. The van der Waals surface area contributed by atoms with Gasteiger partial charge in [-0.3, -0.25) is 0 Å². The second kappa shape index (κ2) is 5.21. The molecule has 0 saturated carbocycles. The zero-order valence-corrected chi connectivity index (χ0v) is 11.9. The highest BCUT2D eigenvalue weighted by Crippen LogP contribution is 2.28. The van der Waals surface area contributed by atoms with Gasteiger partial charge in [0.05, 0.1) is 5.69 Å². The molecule has 17 heavy (non-hydrogen) atoms. The van der Waals surface area contributed by atoms with Crippen molar-refractivity contribution in [1.29, 1.82) is 0 Å². The van der Waals surface area contributed by atoms with E-state index in [-0.39, 0.29) is 0 Å². The van der Waals surface area contributed by atoms with Crippen molar-refractivity contribution in [3.63, 3.8) is 0 Å². The average molecular weight is 329 g/mol. The summed E-state index contributed by atoms with van der Waals surface area (Å²) in [6.45, 7) is 4.03. The van der Waals surface area contributed by atoms with Crippen LogP contribution in [-0.4, -0.2) is 4.98 Å². The monoisotopic (exact) mass is 327 g/mol. The Morgan fingerprint density at radius 3 is 2.35 bits per heavy atom. The SMILES string of the molecule is C=C(c1ccc(Cl)cc1)c1nc(Cl)ccc1Br. The van der Waals surface area contributed by atoms with Crippen molar-refractivity contribution in [3.8, 4) is 0 Å². The number of aromatic nitrogens is 1. The predicted molar refractivity (Wildman–Crippen MR) is 76.5 cm³/mol. The van der Waals surface area contributed by atoms with Crippen molar-refractivity contribution in [2.45, 2.75) is 0 Å². The molecule has 0 spiro atoms. The van der Waals surface area contributed by atoms with Crippen LogP contribution in [0.3, 0.4) is 0 Å². The second-order valence-electron chi connectivity index (χ2n) is 3.45. The largest absolute Gasteiger partial charge is 0.235 e. The molecule has 0 atom stereocenters. The number of pyridine rings is 1. The van der Waals surface area contributed by atoms with Crippen LogP contribution in [0.1, 0.15) is 11.3 Å². The Balaban J connectivity index is 2.43. The van der Waals surface area contributed by atoms with Crippen LogP contribution in [0.5, 0.6) is 0 Å². The number of halogens is 3. The Labute approximate surface area is 118 Å². The standard InChI is InChI=1S/C13H8BrCl2N/c1-8(9-2-4-10(15)5-3-9)13-11(14)6-7-12(16)17-13/h2-7H,1H2. The fourth-order valence-electron chi connectivity index (χ4n) is 1.42. The van der Waals surface area contributed by atoms with Gasteiger partial charge >= 0.3 is 0 Å². The number of hydrogen-bond acceptors (Lipinski definition) is 1. The van der Waals surface area contributed by atoms with Gasteiger partial charge in [0.1, 0.15) is 5.15 Å². The molecule has 4 heteroatoms. The molecule has 1 nitrogen and oxygen atoms in total. The van der Waals surface area contributed by atoms with Crippen molar-refractivity contribution >= 4 is 44.7 Å². The normalized spacial score (nSPS) is 10.3. The van der Waals surface area contributed by atoms with E-state index in [1.165, 1.54) is 0 Å². The molecule has 0 aliphatic carbocycles. The van der Waals surface area contributed by atoms with E-state index < -0.39 is 0 Å². The smallest absolute Gasteiger partial charge is 0.129 e. The summed E-state index contributed by atoms with van der Waals surface area (Å²) < 4.78 is 0.863. The first-order chi connectivity index (χ1) is 8.08. The van der Waals surface area contributed by atoms with Gasteiger partial charge in [-0.05, 0) is 45.8 Å². The summed E-state index contributed by atoms with van der Waals surface area (Å²) in [6, 6.07) is 11.0. The fraction of sp³-hybridized carbons (Fsp3) is 0. The molecule has 0 N–H and O–H groups in total. The van der Waals surface area contributed by atoms with E-state index in [1.54, 1.807) is 6.07 Å². The number of benzene rings is 1. The Morgan fingerprint density at radius 2 is 1.71 bits per heavy atom. The molecule has 0 aliphatic heterocycles. The minimum atomic E-state index is 0.443. The molecule has 0 radical (unpaired) electrons. The van der Waals surface area contributed by atoms with Crippen LogP contribution >= 0.6 is 39.1 Å². The number of hydrogen-bond donors (Lipinski definition) is 0. The molecule has 1 aromatic heterocycles. The maximum atomic E-state index is 5.88. The van der Waals surface area contributed by atoms with Crippen molar-refractivity contribution in [1.82, 2.24) is 4.98 Å². The summed E-state index contributed by atoms with van der Waals surface area (Å²) in [4.78, 5) is 4.26. The maximum absolute atomic E-state index is 5.88. The van der Waals surface area contributed by atoms with Gasteiger partial charge in [0.2, 0.25) is 0 Å². The molecular weight excluding hydrogens is 321 g/mol. The molecule has 1 aromatic carbocycles. The molecule has 0 saturated heterocycles. The summed E-state index contributed by atoms with van der Waals surface area (Å²) >= 11 is 15.2. The van der Waals surface area contributed by atoms with Gasteiger partial charge in [-0.25, -0.2) is 4.98 Å². The van der Waals surface area contributed by atoms with E-state index >= 15 is 0 Å². The lowest BCUT2D eigenvalue weighted by molar-refractivity contribution is 1.25. The van der Waals surface area contributed by atoms with E-state index in [9.17, 15) is 0 Å². The fourth-order valence-corrected chi connectivity index (χ4v) is 2.15. The summed E-state index contributed by atoms with van der Waals surface area (Å²) in [6.07, 6.45) is 0. The average Bonchev–Trinajstić information content (AvgIpc) is 2.32. The van der Waals surface area contributed by atoms with Gasteiger partial charge in [-0.15, -0.1) is 0 Å². The Bertz CT molecular complexity index is 564. The first kappa shape index (κ1) is 12.6. The van der Waals surface area contributed by atoms with Crippen LogP contribution in [0.2, 0.25) is 10.2 Å². The van der Waals surface area contributed by atoms with E-state index in [2.05, 4.69) is 27.5 Å². The highest BCUT2D eigenvalue weighted by atomic mass is 79.9. The zero-order chi connectivity index (χ0) is 12.4. The topological polar surface area (TPSA) is 12.9 Å². The highest BCUT2D eigenvalue weighted by Gasteiger charge is 2.09. The first-order valence-corrected chi connectivity index (χ1v) is 6.40. The minimum Gasteiger partial charge on any atom is -0.235 e. The van der Waals surface area contributed by atoms with Crippen molar-refractivity contribution in [2.75, 3.05) is 0 Å². The molecule has 0 fully saturated rings. The van der Waals surface area contributed by atoms with Gasteiger partial charge in [-0.1, -0.05) is 41.9 Å². The molecular formula is C13H8BrCl2N. The van der Waals surface area contributed by atoms with Crippen molar-refractivity contribution in [2.24, 2.45) is 0 Å². The lowest BCUT2D eigenvalue weighted by Gasteiger charge is -2.08. The van der Waals surface area contributed by atoms with E-state index in [0.29, 0.717) is 10.2 Å². The van der Waals surface area contributed by atoms with Gasteiger partial charge in [0.15, 0.2) is 0 Å². The third-order valence-electron chi connectivity index (χ3n) is 2.29. The van der Waals surface area contributed by atoms with Gasteiger partial charge in [-0.2, -0.15) is 0 Å². The second-order valence-corrected chi connectivity index (χ2v) is 5.13. The van der Waals surface area contributed by atoms with Crippen molar-refractivity contribution in [3.05, 3.63) is 68.9 Å². The maximum Gasteiger partial charge on any atom is 0.129 e. The molecule has 0 unspecified atom stereocenters. The Hall–Kier alpha value is -0.830. The first-order valence-electron chi connectivity index (χ1n) is 4.85. The molecule has 86 valence electrons. The quantitative estimate of drug-likeness (QED) is 0.689. The summed E-state index contributed by atoms with van der Waals surface area (Å²) in [5.74, 6) is 0. The van der Waals surface area contributed by atoms with Crippen LogP contribution < -0.4 is 0 Å². The van der Waals surface area contributed by atoms with Crippen LogP contribution in [-0.2, 0) is 0 Å². The summed E-state index contributed by atoms with van der Waals surface area (Å²) in [5, 5.41) is 1.14. The van der Waals surface area contributed by atoms with Gasteiger partial charge in [0.25, 0.3) is 0 Å². The van der Waals surface area contributed by atoms with Gasteiger partial charge in [0, 0.05) is 15.1 Å². The summed E-state index contributed by atoms with van der Waals surface area (Å²) in [5.41, 5.74) is 2.50. The molecule has 2 aromatic rings. The number of rotatable bonds is 2. The Kier molecular flexibility index (Phi) is 3.87. The molecule has 0 aliphatic rings. The lowest BCUT2D eigenvalue weighted by Crippen LogP contribution is -1.92. The van der Waals surface area contributed by atoms with Crippen LogP contribution in [0, 0.1) is 0 Å². The third-order valence-corrected chi connectivity index (χ3v) is 3.39. The predicted octanol–water partition coefficient (Wildman–Crippen LogP) is 5.21. The van der Waals surface area contributed by atoms with Crippen LogP contribution in [0.25, 0.3) is 5.57 Å². The van der Waals surface area contributed by atoms with E-state index in [1.807, 2.05) is 30.3 Å². The lowest BCUT2D eigenvalue weighted by atomic mass is 10.0. The Morgan fingerprint density at radius 1 is 1.06 bits per heavy atom. The van der Waals surface area contributed by atoms with E-state index in [0.717, 1.165) is 21.3 Å². The molecule has 0 amide bonds. The van der Waals surface area contributed by atoms with E-state index in [4.69, 9.17) is 23.2 Å². The highest BCUT2D eigenvalue weighted by molar-refractivity contribution is 9.10. The molecule has 0 bridgehead atoms. The van der Waals surface area contributed by atoms with Gasteiger partial charge < -0.3 is 0 Å². The van der Waals surface area contributed by atoms with Crippen molar-refractivity contribution < 1.29 is 0 Å². The van der Waals surface area contributed by atoms with Crippen LogP contribution in [0.15, 0.2) is 47.4 Å². The third kappa shape index (κ3) is 2.89. The zero-order valence-electron chi connectivity index (χ0n) is 8.75. The minimum absolute atomic E-state index is 0.443. The van der Waals surface area contributed by atoms with Crippen LogP contribution in [0.4, 0.5) is 0 Å². The molecule has 2 rings (SSSR count).